The van der Waals surface area contributed by atoms with Gasteiger partial charge in [0.15, 0.2) is 0 Å². The minimum Gasteiger partial charge on any atom is -0.497 e. The van der Waals surface area contributed by atoms with Crippen LogP contribution in [0.25, 0.3) is 0 Å². The van der Waals surface area contributed by atoms with E-state index in [1.54, 1.807) is 13.2 Å². The molecule has 1 aromatic rings. The molecule has 0 aliphatic heterocycles. The highest BCUT2D eigenvalue weighted by molar-refractivity contribution is 5.72. The third kappa shape index (κ3) is 4.31. The number of carboxylic acid groups (broad SMARTS) is 1. The van der Waals surface area contributed by atoms with Gasteiger partial charge in [-0.25, -0.2) is 0 Å². The van der Waals surface area contributed by atoms with Crippen molar-refractivity contribution in [3.05, 3.63) is 42.5 Å². The quantitative estimate of drug-likeness (QED) is 0.669. The number of carboxylic acids is 1. The Morgan fingerprint density at radius 1 is 1.04 bits per heavy atom. The Bertz CT molecular complexity index is 590. The number of benzene rings is 1. The molecule has 2 fully saturated rings. The molecule has 2 saturated carbocycles. The Morgan fingerprint density at radius 2 is 1.58 bits per heavy atom. The van der Waals surface area contributed by atoms with E-state index in [0.29, 0.717) is 5.92 Å². The fourth-order valence-corrected chi connectivity index (χ4v) is 5.27. The maximum absolute atomic E-state index is 11.3. The van der Waals surface area contributed by atoms with Crippen LogP contribution in [0.15, 0.2) is 36.9 Å². The third-order valence-corrected chi connectivity index (χ3v) is 6.89. The predicted molar refractivity (Wildman–Crippen MR) is 104 cm³/mol. The van der Waals surface area contributed by atoms with Crippen molar-refractivity contribution < 1.29 is 14.6 Å². The van der Waals surface area contributed by atoms with Gasteiger partial charge in [0.05, 0.1) is 13.0 Å². The van der Waals surface area contributed by atoms with E-state index in [1.807, 2.05) is 0 Å². The number of carbonyl (C=O) groups is 1. The van der Waals surface area contributed by atoms with Gasteiger partial charge in [0.1, 0.15) is 5.75 Å². The molecule has 0 bridgehead atoms. The molecule has 0 amide bonds. The van der Waals surface area contributed by atoms with Gasteiger partial charge >= 0.3 is 5.97 Å². The maximum Gasteiger partial charge on any atom is 0.310 e. The molecular formula is C23H32O3. The number of aliphatic carboxylic acids is 1. The molecule has 0 spiro atoms. The Morgan fingerprint density at radius 3 is 2.04 bits per heavy atom. The van der Waals surface area contributed by atoms with Crippen LogP contribution in [0.2, 0.25) is 0 Å². The second-order valence-electron chi connectivity index (χ2n) is 8.16. The van der Waals surface area contributed by atoms with Gasteiger partial charge in [-0.15, -0.1) is 6.58 Å². The van der Waals surface area contributed by atoms with E-state index in [0.717, 1.165) is 30.4 Å². The largest absolute Gasteiger partial charge is 0.497 e. The van der Waals surface area contributed by atoms with Gasteiger partial charge in [-0.1, -0.05) is 18.2 Å². The summed E-state index contributed by atoms with van der Waals surface area (Å²) in [5, 5.41) is 9.33. The van der Waals surface area contributed by atoms with Crippen molar-refractivity contribution in [1.82, 2.24) is 0 Å². The monoisotopic (exact) mass is 356 g/mol. The molecule has 3 nitrogen and oxygen atoms in total. The molecule has 0 saturated heterocycles. The van der Waals surface area contributed by atoms with Crippen LogP contribution >= 0.6 is 0 Å². The van der Waals surface area contributed by atoms with Crippen molar-refractivity contribution >= 4 is 5.97 Å². The lowest BCUT2D eigenvalue weighted by Crippen LogP contribution is -2.30. The van der Waals surface area contributed by atoms with Crippen molar-refractivity contribution in [2.24, 2.45) is 23.7 Å². The van der Waals surface area contributed by atoms with Crippen LogP contribution < -0.4 is 4.74 Å². The highest BCUT2D eigenvalue weighted by Gasteiger charge is 2.34. The highest BCUT2D eigenvalue weighted by atomic mass is 16.5. The first-order valence-corrected chi connectivity index (χ1v) is 10.1. The molecule has 142 valence electrons. The molecule has 3 rings (SSSR count). The Balaban J connectivity index is 1.48. The van der Waals surface area contributed by atoms with Gasteiger partial charge in [0, 0.05) is 0 Å². The van der Waals surface area contributed by atoms with Crippen LogP contribution in [0.3, 0.4) is 0 Å². The molecule has 2 aliphatic carbocycles. The lowest BCUT2D eigenvalue weighted by molar-refractivity contribution is -0.142. The van der Waals surface area contributed by atoms with Gasteiger partial charge in [-0.05, 0) is 92.7 Å². The van der Waals surface area contributed by atoms with E-state index in [2.05, 4.69) is 30.8 Å². The standard InChI is InChI=1S/C23H32O3/c1-3-22(23(24)25)20-10-8-18(9-11-20)16-4-6-17(7-5-16)19-12-14-21(26-2)15-13-19/h3,12-18,20,22H,1,4-11H2,2H3,(H,24,25). The van der Waals surface area contributed by atoms with E-state index < -0.39 is 5.97 Å². The minimum absolute atomic E-state index is 0.289. The van der Waals surface area contributed by atoms with Crippen molar-refractivity contribution in [1.29, 1.82) is 0 Å². The zero-order valence-corrected chi connectivity index (χ0v) is 15.9. The Kier molecular flexibility index (Phi) is 6.39. The van der Waals surface area contributed by atoms with Crippen molar-refractivity contribution in [3.63, 3.8) is 0 Å². The number of ether oxygens (including phenoxy) is 1. The summed E-state index contributed by atoms with van der Waals surface area (Å²) in [5.74, 6) is 2.46. The molecular weight excluding hydrogens is 324 g/mol. The van der Waals surface area contributed by atoms with Crippen LogP contribution in [0.1, 0.15) is 62.8 Å². The molecule has 3 heteroatoms. The van der Waals surface area contributed by atoms with E-state index in [9.17, 15) is 9.90 Å². The average molecular weight is 357 g/mol. The Labute approximate surface area is 157 Å². The zero-order valence-electron chi connectivity index (χ0n) is 15.9. The van der Waals surface area contributed by atoms with E-state index in [4.69, 9.17) is 4.74 Å². The molecule has 1 unspecified atom stereocenters. The lowest BCUT2D eigenvalue weighted by atomic mass is 9.67. The van der Waals surface area contributed by atoms with E-state index in [-0.39, 0.29) is 11.8 Å². The normalized spacial score (nSPS) is 30.3. The smallest absolute Gasteiger partial charge is 0.310 e. The summed E-state index contributed by atoms with van der Waals surface area (Å²) in [4.78, 5) is 11.3. The van der Waals surface area contributed by atoms with E-state index >= 15 is 0 Å². The van der Waals surface area contributed by atoms with Gasteiger partial charge in [0.25, 0.3) is 0 Å². The van der Waals surface area contributed by atoms with Crippen molar-refractivity contribution in [2.75, 3.05) is 7.11 Å². The van der Waals surface area contributed by atoms with Crippen molar-refractivity contribution in [2.45, 2.75) is 57.3 Å². The SMILES string of the molecule is C=CC(C(=O)O)C1CCC(C2CCC(c3ccc(OC)cc3)CC2)CC1. The first-order valence-electron chi connectivity index (χ1n) is 10.1. The number of methoxy groups -OCH3 is 1. The molecule has 2 aliphatic rings. The van der Waals surface area contributed by atoms with E-state index in [1.165, 1.54) is 44.1 Å². The second-order valence-corrected chi connectivity index (χ2v) is 8.16. The average Bonchev–Trinajstić information content (AvgIpc) is 2.69. The number of hydrogen-bond acceptors (Lipinski definition) is 2. The Hall–Kier alpha value is -1.77. The molecule has 26 heavy (non-hydrogen) atoms. The summed E-state index contributed by atoms with van der Waals surface area (Å²) < 4.78 is 5.26. The lowest BCUT2D eigenvalue weighted by Gasteiger charge is -2.38. The first-order chi connectivity index (χ1) is 12.6. The summed E-state index contributed by atoms with van der Waals surface area (Å²) in [6, 6.07) is 8.58. The molecule has 1 atom stereocenters. The van der Waals surface area contributed by atoms with Gasteiger partial charge in [0.2, 0.25) is 0 Å². The summed E-state index contributed by atoms with van der Waals surface area (Å²) >= 11 is 0. The van der Waals surface area contributed by atoms with Crippen LogP contribution in [0.4, 0.5) is 0 Å². The maximum atomic E-state index is 11.3. The van der Waals surface area contributed by atoms with Crippen molar-refractivity contribution in [3.8, 4) is 5.75 Å². The molecule has 0 radical (unpaired) electrons. The van der Waals surface area contributed by atoms with Gasteiger partial charge < -0.3 is 9.84 Å². The van der Waals surface area contributed by atoms with Gasteiger partial charge in [-0.2, -0.15) is 0 Å². The fraction of sp³-hybridized carbons (Fsp3) is 0.609. The number of rotatable bonds is 6. The molecule has 1 aromatic carbocycles. The second kappa shape index (κ2) is 8.75. The summed E-state index contributed by atoms with van der Waals surface area (Å²) in [7, 11) is 1.71. The van der Waals surface area contributed by atoms with Crippen LogP contribution in [0, 0.1) is 23.7 Å². The topological polar surface area (TPSA) is 46.5 Å². The van der Waals surface area contributed by atoms with Crippen LogP contribution in [-0.4, -0.2) is 18.2 Å². The van der Waals surface area contributed by atoms with Crippen LogP contribution in [-0.2, 0) is 4.79 Å². The van der Waals surface area contributed by atoms with Crippen LogP contribution in [0.5, 0.6) is 5.75 Å². The first kappa shape index (κ1) is 19.0. The summed E-state index contributed by atoms with van der Waals surface area (Å²) in [5.41, 5.74) is 1.45. The summed E-state index contributed by atoms with van der Waals surface area (Å²) in [6.07, 6.45) is 11.3. The number of hydrogen-bond donors (Lipinski definition) is 1. The molecule has 1 N–H and O–H groups in total. The highest BCUT2D eigenvalue weighted by Crippen LogP contribution is 2.45. The predicted octanol–water partition coefficient (Wildman–Crippen LogP) is 5.66. The minimum atomic E-state index is -0.705. The zero-order chi connectivity index (χ0) is 18.5. The fourth-order valence-electron chi connectivity index (χ4n) is 5.27. The molecule has 0 heterocycles. The third-order valence-electron chi connectivity index (χ3n) is 6.89. The summed E-state index contributed by atoms with van der Waals surface area (Å²) in [6.45, 7) is 3.73. The van der Waals surface area contributed by atoms with Gasteiger partial charge in [-0.3, -0.25) is 4.79 Å². The molecule has 0 aromatic heterocycles.